The highest BCUT2D eigenvalue weighted by Crippen LogP contribution is 2.22. The van der Waals surface area contributed by atoms with Gasteiger partial charge in [0.1, 0.15) is 5.75 Å². The number of piperazine rings is 1. The number of halogens is 1. The van der Waals surface area contributed by atoms with E-state index in [2.05, 4.69) is 62.1 Å². The molecular weight excluding hydrogens is 366 g/mol. The minimum atomic E-state index is 0.834. The molecule has 0 aliphatic carbocycles. The third kappa shape index (κ3) is 4.09. The maximum atomic E-state index is 5.39. The first-order valence-electron chi connectivity index (χ1n) is 8.10. The van der Waals surface area contributed by atoms with Gasteiger partial charge in [-0.05, 0) is 37.3 Å². The van der Waals surface area contributed by atoms with Crippen LogP contribution in [0.2, 0.25) is 0 Å². The second-order valence-corrected chi connectivity index (χ2v) is 6.82. The average Bonchev–Trinajstić information content (AvgIpc) is 2.61. The van der Waals surface area contributed by atoms with Gasteiger partial charge in [0, 0.05) is 28.8 Å². The number of hydrazone groups is 1. The highest BCUT2D eigenvalue weighted by atomic mass is 79.9. The van der Waals surface area contributed by atoms with Crippen LogP contribution in [-0.4, -0.2) is 44.5 Å². The normalized spacial score (nSPS) is 15.1. The summed E-state index contributed by atoms with van der Waals surface area (Å²) in [7, 11) is 1.68. The van der Waals surface area contributed by atoms with Gasteiger partial charge in [0.2, 0.25) is 0 Å². The van der Waals surface area contributed by atoms with Gasteiger partial charge < -0.3 is 9.64 Å². The van der Waals surface area contributed by atoms with Crippen LogP contribution in [0.4, 0.5) is 5.69 Å². The zero-order valence-corrected chi connectivity index (χ0v) is 15.7. The van der Waals surface area contributed by atoms with Crippen molar-refractivity contribution in [1.82, 2.24) is 5.01 Å². The van der Waals surface area contributed by atoms with E-state index >= 15 is 0 Å². The van der Waals surface area contributed by atoms with Crippen molar-refractivity contribution in [3.8, 4) is 5.75 Å². The smallest absolute Gasteiger partial charge is 0.127 e. The van der Waals surface area contributed by atoms with E-state index in [-0.39, 0.29) is 0 Å². The molecule has 0 bridgehead atoms. The Morgan fingerprint density at radius 1 is 1.04 bits per heavy atom. The summed E-state index contributed by atoms with van der Waals surface area (Å²) in [6, 6.07) is 14.7. The van der Waals surface area contributed by atoms with Crippen LogP contribution in [0.1, 0.15) is 11.1 Å². The SMILES string of the molecule is COc1ccc(Br)cc1C=NN1CCN(c2ccc(C)cc2)CC1. The largest absolute Gasteiger partial charge is 0.496 e. The molecule has 24 heavy (non-hydrogen) atoms. The number of anilines is 1. The summed E-state index contributed by atoms with van der Waals surface area (Å²) < 4.78 is 6.41. The average molecular weight is 388 g/mol. The summed E-state index contributed by atoms with van der Waals surface area (Å²) in [4.78, 5) is 2.41. The standard InChI is InChI=1S/C19H22BrN3O/c1-15-3-6-18(7-4-15)22-9-11-23(12-10-22)21-14-16-13-17(20)5-8-19(16)24-2/h3-8,13-14H,9-12H2,1-2H3. The van der Waals surface area contributed by atoms with E-state index in [0.717, 1.165) is 42.0 Å². The number of aryl methyl sites for hydroxylation is 1. The first kappa shape index (κ1) is 16.8. The zero-order valence-electron chi connectivity index (χ0n) is 14.1. The maximum Gasteiger partial charge on any atom is 0.127 e. The predicted molar refractivity (Wildman–Crippen MR) is 103 cm³/mol. The molecule has 0 aromatic heterocycles. The van der Waals surface area contributed by atoms with Gasteiger partial charge in [0.15, 0.2) is 0 Å². The summed E-state index contributed by atoms with van der Waals surface area (Å²) in [5, 5.41) is 6.74. The van der Waals surface area contributed by atoms with Gasteiger partial charge in [-0.3, -0.25) is 5.01 Å². The molecule has 5 heteroatoms. The molecule has 0 unspecified atom stereocenters. The molecule has 1 heterocycles. The fourth-order valence-corrected chi connectivity index (χ4v) is 3.15. The van der Waals surface area contributed by atoms with E-state index in [4.69, 9.17) is 4.74 Å². The molecule has 0 spiro atoms. The van der Waals surface area contributed by atoms with Crippen molar-refractivity contribution in [2.24, 2.45) is 5.10 Å². The monoisotopic (exact) mass is 387 g/mol. The second kappa shape index (κ2) is 7.71. The molecule has 1 aliphatic rings. The number of rotatable bonds is 4. The molecule has 2 aromatic carbocycles. The minimum absolute atomic E-state index is 0.834. The Morgan fingerprint density at radius 2 is 1.75 bits per heavy atom. The molecule has 0 radical (unpaired) electrons. The van der Waals surface area contributed by atoms with Gasteiger partial charge in [-0.2, -0.15) is 5.10 Å². The summed E-state index contributed by atoms with van der Waals surface area (Å²) in [6.45, 7) is 5.92. The molecular formula is C19H22BrN3O. The van der Waals surface area contributed by atoms with Crippen LogP contribution in [0.15, 0.2) is 52.0 Å². The molecule has 4 nitrogen and oxygen atoms in total. The zero-order chi connectivity index (χ0) is 16.9. The first-order valence-corrected chi connectivity index (χ1v) is 8.89. The lowest BCUT2D eigenvalue weighted by Crippen LogP contribution is -2.44. The Balaban J connectivity index is 1.61. The number of ether oxygens (including phenoxy) is 1. The molecule has 1 aliphatic heterocycles. The van der Waals surface area contributed by atoms with Gasteiger partial charge >= 0.3 is 0 Å². The molecule has 0 saturated carbocycles. The summed E-state index contributed by atoms with van der Waals surface area (Å²) in [6.07, 6.45) is 1.88. The van der Waals surface area contributed by atoms with E-state index in [1.165, 1.54) is 11.3 Å². The highest BCUT2D eigenvalue weighted by molar-refractivity contribution is 9.10. The molecule has 1 fully saturated rings. The van der Waals surface area contributed by atoms with E-state index < -0.39 is 0 Å². The first-order chi connectivity index (χ1) is 11.7. The van der Waals surface area contributed by atoms with E-state index in [1.807, 2.05) is 24.4 Å². The number of methoxy groups -OCH3 is 1. The van der Waals surface area contributed by atoms with Crippen molar-refractivity contribution in [1.29, 1.82) is 0 Å². The van der Waals surface area contributed by atoms with Crippen LogP contribution < -0.4 is 9.64 Å². The quantitative estimate of drug-likeness (QED) is 0.744. The van der Waals surface area contributed by atoms with Crippen molar-refractivity contribution in [2.75, 3.05) is 38.2 Å². The lowest BCUT2D eigenvalue weighted by Gasteiger charge is -2.34. The Hall–Kier alpha value is -2.01. The third-order valence-electron chi connectivity index (χ3n) is 4.21. The molecule has 3 rings (SSSR count). The van der Waals surface area contributed by atoms with E-state index in [9.17, 15) is 0 Å². The topological polar surface area (TPSA) is 28.1 Å². The molecule has 2 aromatic rings. The van der Waals surface area contributed by atoms with Crippen LogP contribution in [-0.2, 0) is 0 Å². The Bertz CT molecular complexity index is 707. The lowest BCUT2D eigenvalue weighted by molar-refractivity contribution is 0.272. The summed E-state index contributed by atoms with van der Waals surface area (Å²) in [5.74, 6) is 0.834. The van der Waals surface area contributed by atoms with Crippen molar-refractivity contribution < 1.29 is 4.74 Å². The van der Waals surface area contributed by atoms with Crippen LogP contribution in [0.3, 0.4) is 0 Å². The summed E-state index contributed by atoms with van der Waals surface area (Å²) in [5.41, 5.74) is 3.57. The van der Waals surface area contributed by atoms with Gasteiger partial charge in [0.25, 0.3) is 0 Å². The number of hydrogen-bond donors (Lipinski definition) is 0. The third-order valence-corrected chi connectivity index (χ3v) is 4.70. The van der Waals surface area contributed by atoms with Crippen LogP contribution >= 0.6 is 15.9 Å². The summed E-state index contributed by atoms with van der Waals surface area (Å²) >= 11 is 3.49. The molecule has 0 amide bonds. The van der Waals surface area contributed by atoms with Crippen molar-refractivity contribution in [2.45, 2.75) is 6.92 Å². The Kier molecular flexibility index (Phi) is 5.41. The van der Waals surface area contributed by atoms with Gasteiger partial charge in [-0.25, -0.2) is 0 Å². The molecule has 0 N–H and O–H groups in total. The van der Waals surface area contributed by atoms with Crippen LogP contribution in [0, 0.1) is 6.92 Å². The van der Waals surface area contributed by atoms with E-state index in [1.54, 1.807) is 7.11 Å². The van der Waals surface area contributed by atoms with Gasteiger partial charge in [-0.15, -0.1) is 0 Å². The Labute approximate surface area is 151 Å². The Morgan fingerprint density at radius 3 is 2.42 bits per heavy atom. The number of hydrogen-bond acceptors (Lipinski definition) is 4. The van der Waals surface area contributed by atoms with E-state index in [0.29, 0.717) is 0 Å². The predicted octanol–water partition coefficient (Wildman–Crippen LogP) is 3.92. The maximum absolute atomic E-state index is 5.39. The van der Waals surface area contributed by atoms with Crippen molar-refractivity contribution in [3.63, 3.8) is 0 Å². The number of benzene rings is 2. The number of nitrogens with zero attached hydrogens (tertiary/aromatic N) is 3. The molecule has 126 valence electrons. The fraction of sp³-hybridized carbons (Fsp3) is 0.316. The minimum Gasteiger partial charge on any atom is -0.496 e. The highest BCUT2D eigenvalue weighted by Gasteiger charge is 2.15. The lowest BCUT2D eigenvalue weighted by atomic mass is 10.2. The van der Waals surface area contributed by atoms with Crippen LogP contribution in [0.25, 0.3) is 0 Å². The molecule has 1 saturated heterocycles. The fourth-order valence-electron chi connectivity index (χ4n) is 2.78. The molecule has 0 atom stereocenters. The van der Waals surface area contributed by atoms with Gasteiger partial charge in [0.05, 0.1) is 26.4 Å². The van der Waals surface area contributed by atoms with Crippen molar-refractivity contribution in [3.05, 3.63) is 58.1 Å². The van der Waals surface area contributed by atoms with Crippen molar-refractivity contribution >= 4 is 27.8 Å². The van der Waals surface area contributed by atoms with Gasteiger partial charge in [-0.1, -0.05) is 33.6 Å². The second-order valence-electron chi connectivity index (χ2n) is 5.91. The van der Waals surface area contributed by atoms with Crippen LogP contribution in [0.5, 0.6) is 5.75 Å².